The van der Waals surface area contributed by atoms with Crippen LogP contribution in [0.15, 0.2) is 102 Å². The fourth-order valence-electron chi connectivity index (χ4n) is 18.3. The third-order valence-electron chi connectivity index (χ3n) is 25.9. The molecule has 0 radical (unpaired) electrons. The van der Waals surface area contributed by atoms with Gasteiger partial charge in [0.2, 0.25) is 53.4 Å². The Balaban J connectivity index is 1.19. The molecular weight excluding hydrogens is 1960 g/mol. The minimum Gasteiger partial charge on any atom is -0.455 e. The van der Waals surface area contributed by atoms with Gasteiger partial charge in [0.05, 0.1) is 41.4 Å². The normalized spacial score (nSPS) is 21.1. The van der Waals surface area contributed by atoms with Gasteiger partial charge in [-0.1, -0.05) is 80.6 Å². The Morgan fingerprint density at radius 3 is 1.18 bits per heavy atom. The molecule has 0 aromatic heterocycles. The molecule has 0 spiro atoms. The largest absolute Gasteiger partial charge is 0.455 e. The number of carbonyl (C=O) groups excluding carboxylic acids is 15. The van der Waals surface area contributed by atoms with Crippen molar-refractivity contribution in [1.82, 2.24) is 79.8 Å². The van der Waals surface area contributed by atoms with Crippen LogP contribution in [0.2, 0.25) is 0 Å². The second kappa shape index (κ2) is 57.2. The molecule has 1 saturated heterocycles. The number of ether oxygens (including phenoxy) is 6. The molecule has 42 N–H and O–H groups in total. The summed E-state index contributed by atoms with van der Waals surface area (Å²) in [6, 6.07) is 8.57. The standard InChI is InChI=1S/C94H143N31O23S/c1-48-62(44-94(142)72(147-82(140)53-27-14-9-15-28-53)70-92(6,63(128)43-64-93(70,47-143-64)148-50(3)127)71(130)68(144-49(2)126)66(48)91(94,4)5)145-83(141)69(67(51-23-10-7-11-24-51)125-74(132)52-25-12-8-13-26-52)146-65(129)46-149-45-54(95)75(133)119-56(30-17-37-112-85(99)100)77(135)121-58(32-19-39-114-87(103)104)79(137)123-60(34-21-41-116-89(107)108)81(139)124-61(35-22-42-117-90(109)110)80(138)122-59(33-20-40-115-88(105)106)78(136)120-57(31-18-38-113-86(101)102)76(134)118-55(73(96)131)29-16-36-111-84(97)98/h7-15,23-28,54-64,67-70,72,128,142H,16-22,29-47,95H2,1-6H3,(H2,96,131)(H,118,134)(H,119,133)(H,120,136)(H,121,135)(H,122,138)(H,123,137)(H,124,139)(H,125,132)(H4,97,98,111)(H4,99,100,112)(H4,101,102,113)(H4,103,104,114)(H4,105,106,115)(H4,107,108,116)(H4,109,110,117)/t54-,55+,56+,57+,58+,59+,60+,61+,62-,63-,64+,67-,68+,69+,70-,72-,92+,93-,94+/m0/s1. The van der Waals surface area contributed by atoms with E-state index < -0.39 is 268 Å². The van der Waals surface area contributed by atoms with E-state index in [-0.39, 0.29) is 176 Å². The van der Waals surface area contributed by atoms with Crippen molar-refractivity contribution in [3.05, 3.63) is 119 Å². The van der Waals surface area contributed by atoms with E-state index in [1.807, 2.05) is 0 Å². The summed E-state index contributed by atoms with van der Waals surface area (Å²) in [5, 5.41) is 120. The summed E-state index contributed by atoms with van der Waals surface area (Å²) in [5.74, 6) is -21.6. The first-order valence-electron chi connectivity index (χ1n) is 48.4. The van der Waals surface area contributed by atoms with Gasteiger partial charge in [0.1, 0.15) is 72.2 Å². The molecule has 149 heavy (non-hydrogen) atoms. The monoisotopic (exact) mass is 2110 g/mol. The minimum atomic E-state index is -2.66. The Morgan fingerprint density at radius 1 is 0.477 bits per heavy atom. The molecular formula is C94H143N31O23S. The van der Waals surface area contributed by atoms with Crippen LogP contribution in [0, 0.1) is 54.6 Å². The molecule has 3 aromatic rings. The minimum absolute atomic E-state index is 0.0128. The Kier molecular flexibility index (Phi) is 46.3. The van der Waals surface area contributed by atoms with Crippen LogP contribution in [0.5, 0.6) is 0 Å². The number of hydrogen-bond donors (Lipinski definition) is 33. The van der Waals surface area contributed by atoms with E-state index in [1.54, 1.807) is 42.5 Å². The molecule has 0 unspecified atom stereocenters. The van der Waals surface area contributed by atoms with Crippen LogP contribution in [-0.2, 0) is 90.8 Å². The van der Waals surface area contributed by atoms with Gasteiger partial charge in [-0.15, -0.1) is 11.8 Å². The Morgan fingerprint density at radius 2 is 0.832 bits per heavy atom. The molecule has 1 aliphatic heterocycles. The number of aliphatic hydroxyl groups is 2. The Bertz CT molecular complexity index is 5330. The van der Waals surface area contributed by atoms with Crippen LogP contribution in [0.1, 0.15) is 177 Å². The predicted octanol–water partition coefficient (Wildman–Crippen LogP) is -5.93. The number of nitrogens with one attached hydrogen (secondary N) is 22. The molecule has 3 aliphatic carbocycles. The van der Waals surface area contributed by atoms with Crippen molar-refractivity contribution in [3.8, 4) is 0 Å². The highest BCUT2D eigenvalue weighted by Gasteiger charge is 2.78. The highest BCUT2D eigenvalue weighted by Crippen LogP contribution is 2.65. The zero-order valence-electron chi connectivity index (χ0n) is 83.9. The number of esters is 5. The zero-order chi connectivity index (χ0) is 110. The average Bonchev–Trinajstić information content (AvgIpc) is 0.665. The van der Waals surface area contributed by atoms with E-state index in [2.05, 4.69) is 79.8 Å². The predicted molar refractivity (Wildman–Crippen MR) is 544 cm³/mol. The molecule has 7 rings (SSSR count). The summed E-state index contributed by atoms with van der Waals surface area (Å²) in [6.07, 6.45) is -13.7. The van der Waals surface area contributed by atoms with Gasteiger partial charge in [-0.05, 0) is 145 Å². The van der Waals surface area contributed by atoms with Gasteiger partial charge in [-0.3, -0.25) is 100 Å². The molecule has 9 amide bonds. The summed E-state index contributed by atoms with van der Waals surface area (Å²) in [6.45, 7) is 7.09. The number of Topliss-reactive ketones (excluding diaryl/α,β-unsaturated/α-hetero) is 1. The lowest BCUT2D eigenvalue weighted by Gasteiger charge is -2.67. The van der Waals surface area contributed by atoms with E-state index in [0.29, 0.717) is 11.8 Å². The van der Waals surface area contributed by atoms with Gasteiger partial charge in [0, 0.05) is 89.2 Å². The van der Waals surface area contributed by atoms with Crippen molar-refractivity contribution in [2.75, 3.05) is 63.9 Å². The number of nitrogens with two attached hydrogens (primary N) is 9. The second-order valence-electron chi connectivity index (χ2n) is 37.2. The molecule has 54 nitrogen and oxygen atoms in total. The number of fused-ring (bicyclic) bond motifs is 5. The Labute approximate surface area is 863 Å². The summed E-state index contributed by atoms with van der Waals surface area (Å²) in [5.41, 5.74) is 42.3. The van der Waals surface area contributed by atoms with Gasteiger partial charge < -0.3 is 170 Å². The Hall–Kier alpha value is -15.3. The first-order valence-corrected chi connectivity index (χ1v) is 49.5. The van der Waals surface area contributed by atoms with Crippen LogP contribution in [0.25, 0.3) is 0 Å². The van der Waals surface area contributed by atoms with Crippen molar-refractivity contribution < 1.29 is 111 Å². The third-order valence-corrected chi connectivity index (χ3v) is 27.0. The number of hydrogen-bond acceptors (Lipinski definition) is 32. The maximum absolute atomic E-state index is 16.2. The van der Waals surface area contributed by atoms with Crippen molar-refractivity contribution in [2.24, 2.45) is 68.4 Å². The number of ketones is 1. The molecule has 3 aromatic carbocycles. The van der Waals surface area contributed by atoms with E-state index in [0.717, 1.165) is 13.8 Å². The molecule has 55 heteroatoms. The fourth-order valence-corrected chi connectivity index (χ4v) is 19.1. The first-order chi connectivity index (χ1) is 70.4. The lowest BCUT2D eigenvalue weighted by molar-refractivity contribution is -0.346. The number of carbonyl (C=O) groups is 15. The fraction of sp³-hybridized carbons (Fsp3) is 0.553. The summed E-state index contributed by atoms with van der Waals surface area (Å²) in [4.78, 5) is 220. The van der Waals surface area contributed by atoms with Gasteiger partial charge >= 0.3 is 29.8 Å². The lowest BCUT2D eigenvalue weighted by atomic mass is 9.44. The van der Waals surface area contributed by atoms with E-state index in [1.165, 1.54) is 76.2 Å². The van der Waals surface area contributed by atoms with Gasteiger partial charge in [-0.2, -0.15) is 0 Å². The molecule has 3 fully saturated rings. The number of aliphatic hydroxyl groups excluding tert-OH is 1. The number of rotatable bonds is 58. The molecule has 1 heterocycles. The van der Waals surface area contributed by atoms with Crippen LogP contribution >= 0.6 is 11.8 Å². The SMILES string of the molecule is CC(=O)O[C@H]1C(=O)[C@@]2(C)[C@H]([C@H](OC(=O)c3ccccc3)[C@]3(O)C[C@H](OC(=O)[C@H](OC(=O)CSC[C@H](N)C(=O)N[C@H](CCCNC(=N)N)C(=O)N[C@H](CCCNC(=N)N)C(=O)N[C@H](CCCNC(=N)N)C(=O)N[C@H](CCCNC(=N)N)C(=O)N[C@H](CCCNC(=N)N)C(=O)N[C@H](CCCNC(=N)N)C(=O)N[C@H](CCCNC(=N)N)C(N)=O)[C@@H](NC(=O)c4ccccc4)c4ccccc4)C(C)=C1C3(C)C)[C@]1(OC(C)=O)CO[C@@H]1C[C@@H]2O. The number of primary amides is 1. The van der Waals surface area contributed by atoms with Crippen molar-refractivity contribution in [3.63, 3.8) is 0 Å². The van der Waals surface area contributed by atoms with Crippen LogP contribution in [-0.4, -0.2) is 301 Å². The lowest BCUT2D eigenvalue weighted by Crippen LogP contribution is -2.82. The number of amides is 9. The second-order valence-corrected chi connectivity index (χ2v) is 38.2. The van der Waals surface area contributed by atoms with Crippen molar-refractivity contribution in [2.45, 2.75) is 246 Å². The first kappa shape index (κ1) is 121. The highest BCUT2D eigenvalue weighted by atomic mass is 32.2. The molecule has 2 saturated carbocycles. The molecule has 19 atom stereocenters. The average molecular weight is 2110 g/mol. The summed E-state index contributed by atoms with van der Waals surface area (Å²) in [7, 11) is 0. The topological polar surface area (TPSA) is 933 Å². The molecule has 4 aliphatic rings. The maximum Gasteiger partial charge on any atom is 0.350 e. The van der Waals surface area contributed by atoms with Crippen LogP contribution in [0.4, 0.5) is 0 Å². The van der Waals surface area contributed by atoms with Crippen LogP contribution in [0.3, 0.4) is 0 Å². The summed E-state index contributed by atoms with van der Waals surface area (Å²) < 4.78 is 37.4. The molecule has 818 valence electrons. The number of guanidine groups is 7. The smallest absolute Gasteiger partial charge is 0.350 e. The van der Waals surface area contributed by atoms with E-state index in [9.17, 15) is 58.2 Å². The van der Waals surface area contributed by atoms with Crippen molar-refractivity contribution in [1.29, 1.82) is 37.9 Å². The highest BCUT2D eigenvalue weighted by molar-refractivity contribution is 8.00. The van der Waals surface area contributed by atoms with Crippen LogP contribution < -0.4 is 131 Å². The van der Waals surface area contributed by atoms with Crippen molar-refractivity contribution >= 4 is 142 Å². The zero-order valence-corrected chi connectivity index (χ0v) is 84.7. The maximum atomic E-state index is 16.2. The van der Waals surface area contributed by atoms with E-state index >= 15 is 24.0 Å². The third kappa shape index (κ3) is 35.0. The van der Waals surface area contributed by atoms with Gasteiger partial charge in [-0.25, -0.2) is 9.59 Å². The summed E-state index contributed by atoms with van der Waals surface area (Å²) >= 11 is 0.677. The number of benzene rings is 3. The number of thioether (sulfide) groups is 1. The van der Waals surface area contributed by atoms with Gasteiger partial charge in [0.25, 0.3) is 5.91 Å². The molecule has 2 bridgehead atoms. The quantitative estimate of drug-likeness (QED) is 0.00625. The van der Waals surface area contributed by atoms with Gasteiger partial charge in [0.15, 0.2) is 59.2 Å². The van der Waals surface area contributed by atoms with E-state index in [4.69, 9.17) is 118 Å².